The van der Waals surface area contributed by atoms with Crippen LogP contribution < -0.4 is 10.0 Å². The number of halogens is 1. The maximum Gasteiger partial charge on any atom is 0.301 e. The lowest BCUT2D eigenvalue weighted by atomic mass is 10.3. The molecule has 8 nitrogen and oxygen atoms in total. The van der Waals surface area contributed by atoms with Crippen molar-refractivity contribution in [3.63, 3.8) is 0 Å². The lowest BCUT2D eigenvalue weighted by Gasteiger charge is -2.26. The Morgan fingerprint density at radius 2 is 2.00 bits per heavy atom. The lowest BCUT2D eigenvalue weighted by molar-refractivity contribution is -0.383. The Hall–Kier alpha value is -1.78. The van der Waals surface area contributed by atoms with E-state index in [1.807, 2.05) is 0 Å². The molecule has 2 N–H and O–H groups in total. The van der Waals surface area contributed by atoms with Crippen LogP contribution in [0.3, 0.4) is 0 Å². The number of anilines is 1. The molecular weight excluding hydrogens is 291 g/mol. The summed E-state index contributed by atoms with van der Waals surface area (Å²) in [5, 5.41) is 13.8. The molecule has 1 heterocycles. The fraction of sp³-hybridized carbons (Fsp3) is 0.400. The Bertz CT molecular complexity index is 616. The highest BCUT2D eigenvalue weighted by Gasteiger charge is 2.26. The van der Waals surface area contributed by atoms with Gasteiger partial charge in [0, 0.05) is 38.3 Å². The first-order valence-electron chi connectivity index (χ1n) is 5.83. The van der Waals surface area contributed by atoms with E-state index in [1.165, 1.54) is 0 Å². The third kappa shape index (κ3) is 3.21. The van der Waals surface area contributed by atoms with Crippen molar-refractivity contribution in [1.82, 2.24) is 9.62 Å². The molecule has 1 saturated heterocycles. The molecule has 0 amide bonds. The molecule has 20 heavy (non-hydrogen) atoms. The second-order valence-electron chi connectivity index (χ2n) is 4.17. The van der Waals surface area contributed by atoms with E-state index in [1.54, 1.807) is 0 Å². The molecule has 2 rings (SSSR count). The van der Waals surface area contributed by atoms with Gasteiger partial charge in [0.05, 0.1) is 4.92 Å². The maximum atomic E-state index is 13.1. The van der Waals surface area contributed by atoms with Crippen molar-refractivity contribution in [3.05, 3.63) is 34.1 Å². The third-order valence-corrected chi connectivity index (χ3v) is 4.33. The monoisotopic (exact) mass is 304 g/mol. The van der Waals surface area contributed by atoms with Gasteiger partial charge in [0.15, 0.2) is 0 Å². The molecule has 0 aliphatic carbocycles. The van der Waals surface area contributed by atoms with E-state index in [-0.39, 0.29) is 18.8 Å². The minimum atomic E-state index is -3.94. The number of nitro groups is 1. The minimum Gasteiger partial charge on any atom is -0.314 e. The van der Waals surface area contributed by atoms with Gasteiger partial charge in [0.1, 0.15) is 11.5 Å². The molecule has 0 aromatic heterocycles. The first-order valence-corrected chi connectivity index (χ1v) is 7.27. The summed E-state index contributed by atoms with van der Waals surface area (Å²) in [6.07, 6.45) is 0. The maximum absolute atomic E-state index is 13.1. The molecule has 110 valence electrons. The molecule has 0 radical (unpaired) electrons. The number of hydrogen-bond acceptors (Lipinski definition) is 5. The summed E-state index contributed by atoms with van der Waals surface area (Å²) in [7, 11) is -3.94. The van der Waals surface area contributed by atoms with Crippen LogP contribution in [-0.2, 0) is 10.2 Å². The molecule has 0 saturated carbocycles. The topological polar surface area (TPSA) is 105 Å². The van der Waals surface area contributed by atoms with E-state index in [9.17, 15) is 22.9 Å². The molecule has 1 aromatic rings. The smallest absolute Gasteiger partial charge is 0.301 e. The SMILES string of the molecule is O=[N+]([O-])c1ccc(F)cc1NS(=O)(=O)N1CCNCC1. The number of benzene rings is 1. The van der Waals surface area contributed by atoms with Crippen molar-refractivity contribution in [1.29, 1.82) is 0 Å². The molecule has 1 aliphatic heterocycles. The molecule has 10 heteroatoms. The molecule has 0 spiro atoms. The van der Waals surface area contributed by atoms with Crippen LogP contribution in [0.1, 0.15) is 0 Å². The molecule has 1 fully saturated rings. The average Bonchev–Trinajstić information content (AvgIpc) is 2.39. The van der Waals surface area contributed by atoms with Gasteiger partial charge < -0.3 is 5.32 Å². The second kappa shape index (κ2) is 5.69. The first-order chi connectivity index (χ1) is 9.40. The third-order valence-electron chi connectivity index (χ3n) is 2.81. The summed E-state index contributed by atoms with van der Waals surface area (Å²) in [5.41, 5.74) is -0.876. The Labute approximate surface area is 114 Å². The van der Waals surface area contributed by atoms with E-state index < -0.39 is 26.6 Å². The van der Waals surface area contributed by atoms with Gasteiger partial charge in [-0.1, -0.05) is 0 Å². The Morgan fingerprint density at radius 3 is 2.60 bits per heavy atom. The van der Waals surface area contributed by atoms with Crippen LogP contribution in [0.2, 0.25) is 0 Å². The zero-order valence-electron chi connectivity index (χ0n) is 10.4. The average molecular weight is 304 g/mol. The van der Waals surface area contributed by atoms with Crippen LogP contribution in [0.25, 0.3) is 0 Å². The molecule has 1 aromatic carbocycles. The standard InChI is InChI=1S/C10H13FN4O4S/c11-8-1-2-10(15(16)17)9(7-8)13-20(18,19)14-5-3-12-4-6-14/h1-2,7,12-13H,3-6H2. The van der Waals surface area contributed by atoms with Crippen LogP contribution >= 0.6 is 0 Å². The van der Waals surface area contributed by atoms with Gasteiger partial charge in [-0.3, -0.25) is 14.8 Å². The molecular formula is C10H13FN4O4S. The van der Waals surface area contributed by atoms with Crippen molar-refractivity contribution in [2.24, 2.45) is 0 Å². The van der Waals surface area contributed by atoms with Crippen molar-refractivity contribution in [2.45, 2.75) is 0 Å². The van der Waals surface area contributed by atoms with Gasteiger partial charge in [0.25, 0.3) is 5.69 Å². The normalized spacial score (nSPS) is 16.9. The molecule has 0 atom stereocenters. The van der Waals surface area contributed by atoms with E-state index in [2.05, 4.69) is 10.0 Å². The number of piperazine rings is 1. The molecule has 1 aliphatic rings. The zero-order valence-corrected chi connectivity index (χ0v) is 11.2. The largest absolute Gasteiger partial charge is 0.314 e. The van der Waals surface area contributed by atoms with Crippen LogP contribution in [0, 0.1) is 15.9 Å². The van der Waals surface area contributed by atoms with E-state index in [0.29, 0.717) is 13.1 Å². The summed E-state index contributed by atoms with van der Waals surface area (Å²) in [6.45, 7) is 1.48. The number of nitrogens with zero attached hydrogens (tertiary/aromatic N) is 2. The molecule has 0 unspecified atom stereocenters. The Balaban J connectivity index is 2.28. The van der Waals surface area contributed by atoms with Gasteiger partial charge in [-0.25, -0.2) is 4.39 Å². The van der Waals surface area contributed by atoms with Gasteiger partial charge in [-0.2, -0.15) is 12.7 Å². The summed E-state index contributed by atoms with van der Waals surface area (Å²) >= 11 is 0. The van der Waals surface area contributed by atoms with E-state index >= 15 is 0 Å². The fourth-order valence-electron chi connectivity index (χ4n) is 1.84. The van der Waals surface area contributed by atoms with Gasteiger partial charge in [-0.05, 0) is 6.07 Å². The predicted molar refractivity (Wildman–Crippen MR) is 70.0 cm³/mol. The van der Waals surface area contributed by atoms with Gasteiger partial charge >= 0.3 is 10.2 Å². The van der Waals surface area contributed by atoms with Crippen molar-refractivity contribution < 1.29 is 17.7 Å². The van der Waals surface area contributed by atoms with E-state index in [0.717, 1.165) is 22.5 Å². The van der Waals surface area contributed by atoms with Crippen molar-refractivity contribution in [3.8, 4) is 0 Å². The summed E-state index contributed by atoms with van der Waals surface area (Å²) in [5.74, 6) is -0.756. The van der Waals surface area contributed by atoms with Crippen LogP contribution in [0.5, 0.6) is 0 Å². The summed E-state index contributed by atoms with van der Waals surface area (Å²) in [6, 6.07) is 2.61. The predicted octanol–water partition coefficient (Wildman–Crippen LogP) is 0.296. The number of hydrogen-bond donors (Lipinski definition) is 2. The molecule has 0 bridgehead atoms. The number of nitrogens with one attached hydrogen (secondary N) is 2. The highest BCUT2D eigenvalue weighted by Crippen LogP contribution is 2.26. The number of rotatable bonds is 4. The quantitative estimate of drug-likeness (QED) is 0.615. The highest BCUT2D eigenvalue weighted by molar-refractivity contribution is 7.90. The fourth-order valence-corrected chi connectivity index (χ4v) is 3.07. The lowest BCUT2D eigenvalue weighted by Crippen LogP contribution is -2.48. The second-order valence-corrected chi connectivity index (χ2v) is 5.85. The summed E-state index contributed by atoms with van der Waals surface area (Å²) in [4.78, 5) is 10.1. The van der Waals surface area contributed by atoms with Crippen LogP contribution in [0.15, 0.2) is 18.2 Å². The van der Waals surface area contributed by atoms with Crippen LogP contribution in [-0.4, -0.2) is 43.8 Å². The Morgan fingerprint density at radius 1 is 1.35 bits per heavy atom. The van der Waals surface area contributed by atoms with Crippen molar-refractivity contribution in [2.75, 3.05) is 30.9 Å². The number of nitro benzene ring substituents is 1. The zero-order chi connectivity index (χ0) is 14.8. The first kappa shape index (κ1) is 14.6. The van der Waals surface area contributed by atoms with Crippen LogP contribution in [0.4, 0.5) is 15.8 Å². The van der Waals surface area contributed by atoms with Crippen molar-refractivity contribution >= 4 is 21.6 Å². The minimum absolute atomic E-state index is 0.248. The Kier molecular flexibility index (Phi) is 4.16. The van der Waals surface area contributed by atoms with E-state index in [4.69, 9.17) is 0 Å². The highest BCUT2D eigenvalue weighted by atomic mass is 32.2. The van der Waals surface area contributed by atoms with Gasteiger partial charge in [0.2, 0.25) is 0 Å². The summed E-state index contributed by atoms with van der Waals surface area (Å²) < 4.78 is 40.5. The van der Waals surface area contributed by atoms with Gasteiger partial charge in [-0.15, -0.1) is 0 Å².